The highest BCUT2D eigenvalue weighted by atomic mass is 16.5. The van der Waals surface area contributed by atoms with E-state index in [2.05, 4.69) is 15.6 Å². The predicted octanol–water partition coefficient (Wildman–Crippen LogP) is 4.57. The smallest absolute Gasteiger partial charge is 0.324 e. The molecule has 9 nitrogen and oxygen atoms in total. The second kappa shape index (κ2) is 16.0. The van der Waals surface area contributed by atoms with Gasteiger partial charge in [0, 0.05) is 44.0 Å². The van der Waals surface area contributed by atoms with Crippen LogP contribution in [-0.2, 0) is 30.7 Å². The number of amides is 4. The first-order valence-electron chi connectivity index (χ1n) is 14.7. The van der Waals surface area contributed by atoms with E-state index in [0.717, 1.165) is 27.8 Å². The van der Waals surface area contributed by atoms with Crippen molar-refractivity contribution in [3.63, 3.8) is 0 Å². The monoisotopic (exact) mass is 593 g/mol. The predicted molar refractivity (Wildman–Crippen MR) is 170 cm³/mol. The molecule has 0 radical (unpaired) electrons. The van der Waals surface area contributed by atoms with Gasteiger partial charge in [-0.25, -0.2) is 4.79 Å². The van der Waals surface area contributed by atoms with Gasteiger partial charge in [-0.1, -0.05) is 60.2 Å². The molecule has 4 aromatic rings. The maximum Gasteiger partial charge on any atom is 0.324 e. The molecule has 0 fully saturated rings. The van der Waals surface area contributed by atoms with Crippen molar-refractivity contribution in [1.82, 2.24) is 20.5 Å². The number of ether oxygens (including phenoxy) is 1. The lowest BCUT2D eigenvalue weighted by molar-refractivity contribution is -0.130. The van der Waals surface area contributed by atoms with E-state index in [0.29, 0.717) is 30.9 Å². The van der Waals surface area contributed by atoms with Gasteiger partial charge in [-0.2, -0.15) is 0 Å². The minimum absolute atomic E-state index is 0.0998. The molecule has 4 N–H and O–H groups in total. The molecule has 0 aliphatic rings. The van der Waals surface area contributed by atoms with Gasteiger partial charge in [-0.15, -0.1) is 0 Å². The quantitative estimate of drug-likeness (QED) is 0.209. The van der Waals surface area contributed by atoms with Gasteiger partial charge >= 0.3 is 6.03 Å². The lowest BCUT2D eigenvalue weighted by atomic mass is 10.0. The van der Waals surface area contributed by atoms with Gasteiger partial charge in [-0.3, -0.25) is 19.5 Å². The Labute approximate surface area is 258 Å². The molecule has 1 heterocycles. The van der Waals surface area contributed by atoms with Crippen LogP contribution < -0.4 is 21.1 Å². The number of rotatable bonds is 13. The highest BCUT2D eigenvalue weighted by Gasteiger charge is 2.30. The summed E-state index contributed by atoms with van der Waals surface area (Å²) in [7, 11) is 0. The van der Waals surface area contributed by atoms with Crippen LogP contribution in [0.5, 0.6) is 5.75 Å². The summed E-state index contributed by atoms with van der Waals surface area (Å²) in [5, 5.41) is 5.78. The number of urea groups is 1. The Morgan fingerprint density at radius 1 is 0.909 bits per heavy atom. The number of nitrogens with one attached hydrogen (secondary N) is 2. The molecule has 0 spiro atoms. The van der Waals surface area contributed by atoms with Crippen molar-refractivity contribution in [3.8, 4) is 5.75 Å². The van der Waals surface area contributed by atoms with Crippen molar-refractivity contribution in [3.05, 3.63) is 131 Å². The summed E-state index contributed by atoms with van der Waals surface area (Å²) in [6.45, 7) is 5.08. The molecule has 1 atom stereocenters. The van der Waals surface area contributed by atoms with Crippen molar-refractivity contribution in [2.24, 2.45) is 5.73 Å². The Kier molecular flexibility index (Phi) is 11.6. The fourth-order valence-corrected chi connectivity index (χ4v) is 4.71. The third-order valence-corrected chi connectivity index (χ3v) is 7.12. The number of imide groups is 1. The van der Waals surface area contributed by atoms with Crippen LogP contribution in [0.1, 0.15) is 45.1 Å². The molecule has 4 rings (SSSR count). The van der Waals surface area contributed by atoms with Crippen LogP contribution in [0.3, 0.4) is 0 Å². The number of pyridine rings is 1. The van der Waals surface area contributed by atoms with E-state index in [1.165, 1.54) is 4.90 Å². The normalized spacial score (nSPS) is 11.3. The number of carbonyl (C=O) groups is 3. The van der Waals surface area contributed by atoms with Crippen molar-refractivity contribution in [2.75, 3.05) is 13.2 Å². The summed E-state index contributed by atoms with van der Waals surface area (Å²) in [6.07, 6.45) is 3.96. The molecule has 0 saturated heterocycles. The summed E-state index contributed by atoms with van der Waals surface area (Å²) in [4.78, 5) is 46.5. The molecular weight excluding hydrogens is 554 g/mol. The highest BCUT2D eigenvalue weighted by Crippen LogP contribution is 2.16. The van der Waals surface area contributed by atoms with Gasteiger partial charge < -0.3 is 21.1 Å². The van der Waals surface area contributed by atoms with E-state index in [-0.39, 0.29) is 19.5 Å². The van der Waals surface area contributed by atoms with Gasteiger partial charge in [-0.05, 0) is 72.9 Å². The van der Waals surface area contributed by atoms with Gasteiger partial charge in [0.1, 0.15) is 11.8 Å². The Bertz CT molecular complexity index is 1530. The Hall–Kier alpha value is -5.02. The zero-order valence-electron chi connectivity index (χ0n) is 25.2. The minimum Gasteiger partial charge on any atom is -0.494 e. The molecule has 0 aliphatic carbocycles. The molecule has 3 aromatic carbocycles. The molecule has 1 aromatic heterocycles. The first-order chi connectivity index (χ1) is 21.4. The number of nitrogens with two attached hydrogens (primary N) is 1. The number of hydrogen-bond acceptors (Lipinski definition) is 6. The Morgan fingerprint density at radius 3 is 2.30 bits per heavy atom. The van der Waals surface area contributed by atoms with E-state index in [4.69, 9.17) is 10.5 Å². The van der Waals surface area contributed by atoms with Crippen LogP contribution >= 0.6 is 0 Å². The summed E-state index contributed by atoms with van der Waals surface area (Å²) in [6, 6.07) is 24.2. The van der Waals surface area contributed by atoms with Crippen molar-refractivity contribution >= 4 is 17.8 Å². The van der Waals surface area contributed by atoms with E-state index < -0.39 is 23.9 Å². The summed E-state index contributed by atoms with van der Waals surface area (Å²) < 4.78 is 5.56. The molecule has 228 valence electrons. The van der Waals surface area contributed by atoms with Crippen LogP contribution in [0.25, 0.3) is 0 Å². The van der Waals surface area contributed by atoms with Gasteiger partial charge in [0.05, 0.1) is 6.61 Å². The number of nitrogens with zero attached hydrogens (tertiary/aromatic N) is 2. The molecule has 0 saturated carbocycles. The fraction of sp³-hybridized carbons (Fsp3) is 0.257. The average molecular weight is 594 g/mol. The Balaban J connectivity index is 1.59. The SMILES string of the molecule is CCOc1ccc(C[C@@H](NC(=O)c2cccc(C)c2)C(=O)N(CCc2cccnc2)C(=O)NCc2ccc(CN)cc2)cc1. The van der Waals surface area contributed by atoms with Gasteiger partial charge in [0.2, 0.25) is 0 Å². The molecular formula is C35H39N5O4. The zero-order valence-corrected chi connectivity index (χ0v) is 25.2. The minimum atomic E-state index is -1.01. The lowest BCUT2D eigenvalue weighted by Crippen LogP contribution is -2.54. The molecule has 9 heteroatoms. The van der Waals surface area contributed by atoms with Crippen molar-refractivity contribution < 1.29 is 19.1 Å². The average Bonchev–Trinajstić information content (AvgIpc) is 3.05. The number of benzene rings is 3. The lowest BCUT2D eigenvalue weighted by Gasteiger charge is -2.27. The third-order valence-electron chi connectivity index (χ3n) is 7.12. The van der Waals surface area contributed by atoms with E-state index in [1.807, 2.05) is 80.6 Å². The molecule has 44 heavy (non-hydrogen) atoms. The largest absolute Gasteiger partial charge is 0.494 e. The fourth-order valence-electron chi connectivity index (χ4n) is 4.71. The summed E-state index contributed by atoms with van der Waals surface area (Å²) >= 11 is 0. The van der Waals surface area contributed by atoms with E-state index in [9.17, 15) is 14.4 Å². The van der Waals surface area contributed by atoms with E-state index >= 15 is 0 Å². The summed E-state index contributed by atoms with van der Waals surface area (Å²) in [5.41, 5.74) is 10.6. The standard InChI is InChI=1S/C35H39N5O4/c1-3-44-31-15-13-26(14-16-31)21-32(39-33(41)30-8-4-6-25(2)20-30)34(42)40(19-17-28-7-5-18-37-23-28)35(43)38-24-29-11-9-27(22-36)10-12-29/h4-16,18,20,23,32H,3,17,19,21-22,24,36H2,1-2H3,(H,38,43)(H,39,41)/t32-/m1/s1. The van der Waals surface area contributed by atoms with Crippen molar-refractivity contribution in [2.45, 2.75) is 45.8 Å². The first kappa shape index (κ1) is 31.9. The molecule has 0 aliphatic heterocycles. The maximum absolute atomic E-state index is 14.2. The molecule has 4 amide bonds. The second-order valence-corrected chi connectivity index (χ2v) is 10.5. The molecule has 0 unspecified atom stereocenters. The topological polar surface area (TPSA) is 127 Å². The van der Waals surface area contributed by atoms with Crippen molar-refractivity contribution in [1.29, 1.82) is 0 Å². The second-order valence-electron chi connectivity index (χ2n) is 10.5. The summed E-state index contributed by atoms with van der Waals surface area (Å²) in [5.74, 6) is -0.203. The number of aryl methyl sites for hydroxylation is 1. The first-order valence-corrected chi connectivity index (χ1v) is 14.7. The third kappa shape index (κ3) is 9.24. The number of carbonyl (C=O) groups excluding carboxylic acids is 3. The number of hydrogen-bond donors (Lipinski definition) is 3. The zero-order chi connectivity index (χ0) is 31.3. The number of aromatic nitrogens is 1. The van der Waals surface area contributed by atoms with Crippen LogP contribution in [0.15, 0.2) is 97.3 Å². The van der Waals surface area contributed by atoms with Crippen LogP contribution in [0.4, 0.5) is 4.79 Å². The van der Waals surface area contributed by atoms with Crippen LogP contribution in [0, 0.1) is 6.92 Å². The van der Waals surface area contributed by atoms with Crippen LogP contribution in [-0.4, -0.2) is 46.9 Å². The van der Waals surface area contributed by atoms with Crippen LogP contribution in [0.2, 0.25) is 0 Å². The molecule has 0 bridgehead atoms. The Morgan fingerprint density at radius 2 is 1.64 bits per heavy atom. The van der Waals surface area contributed by atoms with Gasteiger partial charge in [0.15, 0.2) is 0 Å². The maximum atomic E-state index is 14.2. The van der Waals surface area contributed by atoms with E-state index in [1.54, 1.807) is 30.6 Å². The van der Waals surface area contributed by atoms with Gasteiger partial charge in [0.25, 0.3) is 11.8 Å². The highest BCUT2D eigenvalue weighted by molar-refractivity contribution is 6.01.